The lowest BCUT2D eigenvalue weighted by Crippen LogP contribution is -2.50. The molecule has 0 spiro atoms. The van der Waals surface area contributed by atoms with Crippen LogP contribution in [0.15, 0.2) is 85.6 Å². The van der Waals surface area contributed by atoms with E-state index in [-0.39, 0.29) is 25.0 Å². The van der Waals surface area contributed by atoms with Gasteiger partial charge in [0.2, 0.25) is 5.91 Å². The summed E-state index contributed by atoms with van der Waals surface area (Å²) in [7, 11) is 3.58. The standard InChI is InChI=1S/C33H33ClN8O3/c1-40-20-35-18-30(40)21-3-6-25(7-4-21)38-32(44)28(39-33(45)29-10-13-37-41(29)2)16-24-15-22(5-8-27(24)34)23-9-12-36-31(17-23)42-14-11-26(42)19-43/h3-10,12-13,15,17-18,20,26,28,43H,11,14,16,19H2,1-2H3,(H,38,44)(H,39,45). The Kier molecular flexibility index (Phi) is 8.63. The molecule has 1 fully saturated rings. The van der Waals surface area contributed by atoms with E-state index in [0.29, 0.717) is 22.0 Å². The number of benzene rings is 2. The highest BCUT2D eigenvalue weighted by Gasteiger charge is 2.29. The van der Waals surface area contributed by atoms with E-state index in [1.807, 2.05) is 60.1 Å². The lowest BCUT2D eigenvalue weighted by atomic mass is 9.98. The third-order valence-electron chi connectivity index (χ3n) is 8.14. The zero-order valence-corrected chi connectivity index (χ0v) is 25.6. The van der Waals surface area contributed by atoms with E-state index in [1.54, 1.807) is 37.9 Å². The van der Waals surface area contributed by atoms with Crippen molar-refractivity contribution < 1.29 is 14.7 Å². The maximum atomic E-state index is 13.7. The van der Waals surface area contributed by atoms with Crippen LogP contribution in [0.3, 0.4) is 0 Å². The number of anilines is 2. The molecular formula is C33H33ClN8O3. The van der Waals surface area contributed by atoms with Crippen LogP contribution < -0.4 is 15.5 Å². The molecule has 1 aliphatic heterocycles. The zero-order chi connectivity index (χ0) is 31.5. The summed E-state index contributed by atoms with van der Waals surface area (Å²) in [6.07, 6.45) is 7.85. The van der Waals surface area contributed by atoms with Crippen LogP contribution in [0.1, 0.15) is 22.5 Å². The van der Waals surface area contributed by atoms with E-state index in [9.17, 15) is 14.7 Å². The van der Waals surface area contributed by atoms with E-state index >= 15 is 0 Å². The third kappa shape index (κ3) is 6.45. The molecule has 0 bridgehead atoms. The highest BCUT2D eigenvalue weighted by molar-refractivity contribution is 6.31. The van der Waals surface area contributed by atoms with Gasteiger partial charge in [-0.3, -0.25) is 14.3 Å². The van der Waals surface area contributed by atoms with Gasteiger partial charge in [-0.1, -0.05) is 29.8 Å². The Morgan fingerprint density at radius 2 is 1.80 bits per heavy atom. The van der Waals surface area contributed by atoms with Gasteiger partial charge in [0.25, 0.3) is 5.91 Å². The monoisotopic (exact) mass is 624 g/mol. The Bertz CT molecular complexity index is 1830. The van der Waals surface area contributed by atoms with E-state index in [4.69, 9.17) is 11.6 Å². The number of aliphatic hydroxyl groups is 1. The summed E-state index contributed by atoms with van der Waals surface area (Å²) >= 11 is 6.67. The first-order valence-corrected chi connectivity index (χ1v) is 15.0. The molecule has 230 valence electrons. The van der Waals surface area contributed by atoms with Crippen LogP contribution in [0, 0.1) is 0 Å². The number of aromatic nitrogens is 5. The van der Waals surface area contributed by atoms with E-state index in [1.165, 1.54) is 10.9 Å². The van der Waals surface area contributed by atoms with Crippen molar-refractivity contribution in [2.24, 2.45) is 14.1 Å². The van der Waals surface area contributed by atoms with Gasteiger partial charge >= 0.3 is 0 Å². The predicted octanol–water partition coefficient (Wildman–Crippen LogP) is 4.09. The minimum atomic E-state index is -0.948. The Labute approximate surface area is 265 Å². The number of amides is 2. The Morgan fingerprint density at radius 1 is 1.02 bits per heavy atom. The van der Waals surface area contributed by atoms with Crippen LogP contribution in [0.2, 0.25) is 5.02 Å². The number of nitrogens with zero attached hydrogens (tertiary/aromatic N) is 6. The molecule has 2 atom stereocenters. The Hall–Kier alpha value is -5.00. The number of nitrogens with one attached hydrogen (secondary N) is 2. The van der Waals surface area contributed by atoms with E-state index in [2.05, 4.69) is 30.6 Å². The molecule has 5 aromatic rings. The summed E-state index contributed by atoms with van der Waals surface area (Å²) in [5.41, 5.74) is 5.33. The summed E-state index contributed by atoms with van der Waals surface area (Å²) in [4.78, 5) is 37.7. The molecule has 6 rings (SSSR count). The number of pyridine rings is 1. The SMILES string of the molecule is Cn1cncc1-c1ccc(NC(=O)C(Cc2cc(-c3ccnc(N4CCC4CO)c3)ccc2Cl)NC(=O)c2ccnn2C)cc1. The molecule has 11 nitrogen and oxygen atoms in total. The molecule has 2 unspecified atom stereocenters. The molecule has 2 amide bonds. The number of halogens is 1. The number of hydrogen-bond donors (Lipinski definition) is 3. The minimum absolute atomic E-state index is 0.0715. The van der Waals surface area contributed by atoms with Gasteiger partial charge in [0, 0.05) is 50.2 Å². The van der Waals surface area contributed by atoms with E-state index in [0.717, 1.165) is 41.2 Å². The van der Waals surface area contributed by atoms with Crippen LogP contribution in [-0.2, 0) is 25.3 Å². The molecule has 12 heteroatoms. The second kappa shape index (κ2) is 12.9. The van der Waals surface area contributed by atoms with Gasteiger partial charge in [-0.05, 0) is 71.1 Å². The van der Waals surface area contributed by atoms with Gasteiger partial charge in [0.1, 0.15) is 17.6 Å². The molecule has 0 aliphatic carbocycles. The van der Waals surface area contributed by atoms with Crippen LogP contribution in [0.25, 0.3) is 22.4 Å². The van der Waals surface area contributed by atoms with Gasteiger partial charge in [-0.25, -0.2) is 9.97 Å². The summed E-state index contributed by atoms with van der Waals surface area (Å²) in [5.74, 6) is -0.0237. The van der Waals surface area contributed by atoms with Gasteiger partial charge in [-0.15, -0.1) is 0 Å². The normalized spacial score (nSPS) is 14.9. The topological polar surface area (TPSA) is 130 Å². The Morgan fingerprint density at radius 3 is 2.47 bits per heavy atom. The smallest absolute Gasteiger partial charge is 0.270 e. The number of aryl methyl sites for hydroxylation is 2. The predicted molar refractivity (Wildman–Crippen MR) is 173 cm³/mol. The summed E-state index contributed by atoms with van der Waals surface area (Å²) < 4.78 is 3.37. The van der Waals surface area contributed by atoms with Crippen molar-refractivity contribution in [3.05, 3.63) is 102 Å². The van der Waals surface area contributed by atoms with Crippen molar-refractivity contribution in [1.29, 1.82) is 0 Å². The zero-order valence-electron chi connectivity index (χ0n) is 24.9. The number of carbonyl (C=O) groups is 2. The maximum absolute atomic E-state index is 13.7. The molecule has 1 aliphatic rings. The largest absolute Gasteiger partial charge is 0.394 e. The summed E-state index contributed by atoms with van der Waals surface area (Å²) in [6, 6.07) is 17.7. The molecular weight excluding hydrogens is 592 g/mol. The second-order valence-corrected chi connectivity index (χ2v) is 11.5. The van der Waals surface area contributed by atoms with Gasteiger partial charge in [0.15, 0.2) is 0 Å². The molecule has 0 saturated carbocycles. The number of imidazole rings is 1. The number of aliphatic hydroxyl groups excluding tert-OH is 1. The first kappa shape index (κ1) is 30.0. The fourth-order valence-electron chi connectivity index (χ4n) is 5.45. The second-order valence-electron chi connectivity index (χ2n) is 11.1. The average molecular weight is 625 g/mol. The van der Waals surface area contributed by atoms with Crippen molar-refractivity contribution in [2.75, 3.05) is 23.4 Å². The highest BCUT2D eigenvalue weighted by atomic mass is 35.5. The van der Waals surface area contributed by atoms with Crippen LogP contribution in [0.5, 0.6) is 0 Å². The fraction of sp³-hybridized carbons (Fsp3) is 0.242. The van der Waals surface area contributed by atoms with Gasteiger partial charge in [0.05, 0.1) is 30.9 Å². The quantitative estimate of drug-likeness (QED) is 0.213. The van der Waals surface area contributed by atoms with Crippen molar-refractivity contribution in [3.63, 3.8) is 0 Å². The molecule has 4 heterocycles. The summed E-state index contributed by atoms with van der Waals surface area (Å²) in [6.45, 7) is 0.923. The fourth-order valence-corrected chi connectivity index (χ4v) is 5.64. The number of hydrogen-bond acceptors (Lipinski definition) is 7. The van der Waals surface area contributed by atoms with Gasteiger partial charge < -0.3 is 25.2 Å². The van der Waals surface area contributed by atoms with Crippen molar-refractivity contribution in [1.82, 2.24) is 29.6 Å². The molecule has 3 N–H and O–H groups in total. The molecule has 0 radical (unpaired) electrons. The molecule has 2 aromatic carbocycles. The first-order chi connectivity index (χ1) is 21.8. The average Bonchev–Trinajstić information content (AvgIpc) is 3.65. The van der Waals surface area contributed by atoms with Crippen LogP contribution >= 0.6 is 11.6 Å². The number of rotatable bonds is 10. The van der Waals surface area contributed by atoms with Gasteiger partial charge in [-0.2, -0.15) is 5.10 Å². The Balaban J connectivity index is 1.25. The van der Waals surface area contributed by atoms with Crippen LogP contribution in [-0.4, -0.2) is 66.5 Å². The van der Waals surface area contributed by atoms with E-state index < -0.39 is 11.9 Å². The molecule has 1 saturated heterocycles. The van der Waals surface area contributed by atoms with Crippen molar-refractivity contribution in [3.8, 4) is 22.4 Å². The van der Waals surface area contributed by atoms with Crippen molar-refractivity contribution >= 4 is 34.9 Å². The first-order valence-electron chi connectivity index (χ1n) is 14.6. The minimum Gasteiger partial charge on any atom is -0.394 e. The summed E-state index contributed by atoms with van der Waals surface area (Å²) in [5, 5.41) is 20.0. The molecule has 45 heavy (non-hydrogen) atoms. The van der Waals surface area contributed by atoms with Crippen LogP contribution in [0.4, 0.5) is 11.5 Å². The third-order valence-corrected chi connectivity index (χ3v) is 8.51. The van der Waals surface area contributed by atoms with Crippen molar-refractivity contribution in [2.45, 2.75) is 24.9 Å². The number of carbonyl (C=O) groups excluding carboxylic acids is 2. The lowest BCUT2D eigenvalue weighted by molar-refractivity contribution is -0.118. The maximum Gasteiger partial charge on any atom is 0.270 e. The molecule has 3 aromatic heterocycles. The lowest BCUT2D eigenvalue weighted by Gasteiger charge is -2.41. The highest BCUT2D eigenvalue weighted by Crippen LogP contribution is 2.31.